The molecule has 0 saturated heterocycles. The molecule has 1 amide bonds. The number of rotatable bonds is 7. The topological polar surface area (TPSA) is 69.7 Å². The van der Waals surface area contributed by atoms with Crippen molar-refractivity contribution in [1.82, 2.24) is 9.21 Å². The standard InChI is InChI=1S/C17H29N3O3S/c1-17(2,3)14-9-7-8-10-15(14)18-16(21)13-20(24(6,22)23)12-11-19(4)5/h7-10H,11-13H2,1-6H3,(H,18,21). The zero-order valence-electron chi connectivity index (χ0n) is 15.5. The van der Waals surface area contributed by atoms with Gasteiger partial charge in [-0.2, -0.15) is 4.31 Å². The van der Waals surface area contributed by atoms with Crippen LogP contribution >= 0.6 is 0 Å². The molecule has 24 heavy (non-hydrogen) atoms. The van der Waals surface area contributed by atoms with Crippen molar-refractivity contribution in [2.75, 3.05) is 45.3 Å². The molecule has 1 N–H and O–H groups in total. The summed E-state index contributed by atoms with van der Waals surface area (Å²) in [6.07, 6.45) is 1.12. The lowest BCUT2D eigenvalue weighted by Gasteiger charge is -2.24. The molecule has 0 aliphatic heterocycles. The van der Waals surface area contributed by atoms with E-state index in [1.54, 1.807) is 0 Å². The number of benzene rings is 1. The number of nitrogens with one attached hydrogen (secondary N) is 1. The van der Waals surface area contributed by atoms with Crippen LogP contribution in [0.15, 0.2) is 24.3 Å². The SMILES string of the molecule is CN(C)CCN(CC(=O)Nc1ccccc1C(C)(C)C)S(C)(=O)=O. The molecule has 0 heterocycles. The summed E-state index contributed by atoms with van der Waals surface area (Å²) in [6.45, 7) is 6.85. The summed E-state index contributed by atoms with van der Waals surface area (Å²) in [5, 5.41) is 2.85. The monoisotopic (exact) mass is 355 g/mol. The van der Waals surface area contributed by atoms with Crippen molar-refractivity contribution in [2.45, 2.75) is 26.2 Å². The van der Waals surface area contributed by atoms with E-state index in [0.717, 1.165) is 17.5 Å². The van der Waals surface area contributed by atoms with E-state index in [0.29, 0.717) is 6.54 Å². The van der Waals surface area contributed by atoms with Gasteiger partial charge in [-0.1, -0.05) is 39.0 Å². The Hall–Kier alpha value is -1.44. The zero-order valence-corrected chi connectivity index (χ0v) is 16.3. The van der Waals surface area contributed by atoms with Crippen LogP contribution in [0.1, 0.15) is 26.3 Å². The molecule has 1 rings (SSSR count). The molecule has 0 atom stereocenters. The van der Waals surface area contributed by atoms with Gasteiger partial charge in [-0.05, 0) is 31.1 Å². The summed E-state index contributed by atoms with van der Waals surface area (Å²) in [5.41, 5.74) is 1.61. The second-order valence-corrected chi connectivity index (χ2v) is 9.23. The molecule has 0 aliphatic rings. The highest BCUT2D eigenvalue weighted by atomic mass is 32.2. The normalized spacial score (nSPS) is 12.7. The molecule has 0 aliphatic carbocycles. The molecular weight excluding hydrogens is 326 g/mol. The van der Waals surface area contributed by atoms with Crippen LogP contribution in [-0.4, -0.2) is 63.5 Å². The lowest BCUT2D eigenvalue weighted by atomic mass is 9.86. The number of hydrogen-bond donors (Lipinski definition) is 1. The first-order valence-electron chi connectivity index (χ1n) is 7.90. The Balaban J connectivity index is 2.88. The van der Waals surface area contributed by atoms with Gasteiger partial charge >= 0.3 is 0 Å². The number of amides is 1. The number of anilines is 1. The fourth-order valence-corrected chi connectivity index (χ4v) is 3.03. The first-order chi connectivity index (χ1) is 10.9. The van der Waals surface area contributed by atoms with E-state index in [2.05, 4.69) is 26.1 Å². The lowest BCUT2D eigenvalue weighted by molar-refractivity contribution is -0.116. The van der Waals surface area contributed by atoms with Gasteiger partial charge in [0.25, 0.3) is 0 Å². The van der Waals surface area contributed by atoms with Gasteiger partial charge in [-0.3, -0.25) is 4.79 Å². The fourth-order valence-electron chi connectivity index (χ4n) is 2.27. The van der Waals surface area contributed by atoms with Crippen LogP contribution in [0, 0.1) is 0 Å². The second-order valence-electron chi connectivity index (χ2n) is 7.24. The van der Waals surface area contributed by atoms with E-state index in [1.807, 2.05) is 43.3 Å². The smallest absolute Gasteiger partial charge is 0.239 e. The molecular formula is C17H29N3O3S. The third-order valence-corrected chi connectivity index (χ3v) is 4.84. The summed E-state index contributed by atoms with van der Waals surface area (Å²) < 4.78 is 25.0. The summed E-state index contributed by atoms with van der Waals surface area (Å²) in [6, 6.07) is 7.58. The lowest BCUT2D eigenvalue weighted by Crippen LogP contribution is -2.41. The highest BCUT2D eigenvalue weighted by Gasteiger charge is 2.22. The Labute approximate surface area is 145 Å². The van der Waals surface area contributed by atoms with Crippen LogP contribution in [-0.2, 0) is 20.2 Å². The van der Waals surface area contributed by atoms with Crippen molar-refractivity contribution in [3.8, 4) is 0 Å². The van der Waals surface area contributed by atoms with E-state index in [9.17, 15) is 13.2 Å². The van der Waals surface area contributed by atoms with Crippen molar-refractivity contribution in [2.24, 2.45) is 0 Å². The molecule has 0 fully saturated rings. The van der Waals surface area contributed by atoms with Gasteiger partial charge in [-0.15, -0.1) is 0 Å². The maximum Gasteiger partial charge on any atom is 0.239 e. The van der Waals surface area contributed by atoms with Gasteiger partial charge in [0.2, 0.25) is 15.9 Å². The van der Waals surface area contributed by atoms with Gasteiger partial charge < -0.3 is 10.2 Å². The molecule has 0 bridgehead atoms. The molecule has 7 heteroatoms. The Bertz CT molecular complexity index is 664. The van der Waals surface area contributed by atoms with Crippen LogP contribution in [0.5, 0.6) is 0 Å². The third kappa shape index (κ3) is 6.59. The van der Waals surface area contributed by atoms with Crippen LogP contribution in [0.25, 0.3) is 0 Å². The van der Waals surface area contributed by atoms with Crippen LogP contribution < -0.4 is 5.32 Å². The van der Waals surface area contributed by atoms with E-state index < -0.39 is 10.0 Å². The van der Waals surface area contributed by atoms with E-state index in [-0.39, 0.29) is 24.4 Å². The predicted molar refractivity (Wildman–Crippen MR) is 98.7 cm³/mol. The molecule has 6 nitrogen and oxygen atoms in total. The number of sulfonamides is 1. The van der Waals surface area contributed by atoms with Gasteiger partial charge in [-0.25, -0.2) is 8.42 Å². The number of para-hydroxylation sites is 1. The minimum absolute atomic E-state index is 0.120. The van der Waals surface area contributed by atoms with E-state index >= 15 is 0 Å². The van der Waals surface area contributed by atoms with Crippen LogP contribution in [0.4, 0.5) is 5.69 Å². The fraction of sp³-hybridized carbons (Fsp3) is 0.588. The Kier molecular flexibility index (Phi) is 6.95. The summed E-state index contributed by atoms with van der Waals surface area (Å²) >= 11 is 0. The molecule has 0 unspecified atom stereocenters. The molecule has 0 saturated carbocycles. The molecule has 136 valence electrons. The van der Waals surface area contributed by atoms with Gasteiger partial charge in [0, 0.05) is 18.8 Å². The van der Waals surface area contributed by atoms with Crippen molar-refractivity contribution >= 4 is 21.6 Å². The maximum atomic E-state index is 12.4. The van der Waals surface area contributed by atoms with Crippen molar-refractivity contribution in [3.63, 3.8) is 0 Å². The summed E-state index contributed by atoms with van der Waals surface area (Å²) in [7, 11) is 0.282. The number of likely N-dealkylation sites (N-methyl/N-ethyl adjacent to an activating group) is 1. The average molecular weight is 356 g/mol. The molecule has 0 spiro atoms. The van der Waals surface area contributed by atoms with Crippen molar-refractivity contribution < 1.29 is 13.2 Å². The van der Waals surface area contributed by atoms with Gasteiger partial charge in [0.1, 0.15) is 0 Å². The quantitative estimate of drug-likeness (QED) is 0.809. The molecule has 0 aromatic heterocycles. The average Bonchev–Trinajstić information content (AvgIpc) is 2.41. The highest BCUT2D eigenvalue weighted by Crippen LogP contribution is 2.29. The molecule has 1 aromatic carbocycles. The maximum absolute atomic E-state index is 12.4. The number of nitrogens with zero attached hydrogens (tertiary/aromatic N) is 2. The minimum Gasteiger partial charge on any atom is -0.325 e. The largest absolute Gasteiger partial charge is 0.325 e. The highest BCUT2D eigenvalue weighted by molar-refractivity contribution is 7.88. The predicted octanol–water partition coefficient (Wildman–Crippen LogP) is 1.75. The molecule has 0 radical (unpaired) electrons. The van der Waals surface area contributed by atoms with Crippen molar-refractivity contribution in [1.29, 1.82) is 0 Å². The molecule has 1 aromatic rings. The summed E-state index contributed by atoms with van der Waals surface area (Å²) in [5.74, 6) is -0.337. The van der Waals surface area contributed by atoms with E-state index in [4.69, 9.17) is 0 Å². The van der Waals surface area contributed by atoms with Gasteiger partial charge in [0.15, 0.2) is 0 Å². The third-order valence-electron chi connectivity index (χ3n) is 3.59. The Morgan fingerprint density at radius 3 is 2.21 bits per heavy atom. The van der Waals surface area contributed by atoms with Crippen molar-refractivity contribution in [3.05, 3.63) is 29.8 Å². The van der Waals surface area contributed by atoms with Gasteiger partial charge in [0.05, 0.1) is 12.8 Å². The second kappa shape index (κ2) is 8.09. The number of carbonyl (C=O) groups is 1. The van der Waals surface area contributed by atoms with Crippen LogP contribution in [0.3, 0.4) is 0 Å². The first-order valence-corrected chi connectivity index (χ1v) is 9.75. The number of carbonyl (C=O) groups excluding carboxylic acids is 1. The number of hydrogen-bond acceptors (Lipinski definition) is 4. The Morgan fingerprint density at radius 1 is 1.12 bits per heavy atom. The zero-order chi connectivity index (χ0) is 18.5. The summed E-state index contributed by atoms with van der Waals surface area (Å²) in [4.78, 5) is 14.2. The van der Waals surface area contributed by atoms with Crippen LogP contribution in [0.2, 0.25) is 0 Å². The Morgan fingerprint density at radius 2 is 1.71 bits per heavy atom. The first kappa shape index (κ1) is 20.6. The van der Waals surface area contributed by atoms with E-state index in [1.165, 1.54) is 4.31 Å². The minimum atomic E-state index is -3.44.